The summed E-state index contributed by atoms with van der Waals surface area (Å²) in [5.41, 5.74) is 1.64. The Kier molecular flexibility index (Phi) is 3.15. The van der Waals surface area contributed by atoms with E-state index in [1.54, 1.807) is 11.0 Å². The van der Waals surface area contributed by atoms with Crippen molar-refractivity contribution in [1.82, 2.24) is 0 Å². The average molecular weight is 299 g/mol. The van der Waals surface area contributed by atoms with Crippen LogP contribution in [0.15, 0.2) is 16.6 Å². The van der Waals surface area contributed by atoms with Gasteiger partial charge in [-0.1, -0.05) is 0 Å². The molecule has 0 aliphatic carbocycles. The summed E-state index contributed by atoms with van der Waals surface area (Å²) in [6.45, 7) is 2.10. The van der Waals surface area contributed by atoms with Crippen molar-refractivity contribution < 1.29 is 9.72 Å². The molecule has 0 radical (unpaired) electrons. The van der Waals surface area contributed by atoms with Crippen molar-refractivity contribution in [2.75, 3.05) is 11.4 Å². The molecule has 0 N–H and O–H groups in total. The van der Waals surface area contributed by atoms with Gasteiger partial charge in [0.25, 0.3) is 5.69 Å². The molecule has 0 spiro atoms. The van der Waals surface area contributed by atoms with Crippen molar-refractivity contribution in [2.45, 2.75) is 19.8 Å². The first kappa shape index (κ1) is 12.0. The van der Waals surface area contributed by atoms with Crippen LogP contribution in [-0.2, 0) is 11.2 Å². The molecule has 6 heteroatoms. The number of carbonyl (C=O) groups excluding carboxylic acids is 1. The van der Waals surface area contributed by atoms with E-state index >= 15 is 0 Å². The molecule has 0 bridgehead atoms. The normalized spacial score (nSPS) is 14.4. The average Bonchev–Trinajstić information content (AvgIpc) is 2.26. The summed E-state index contributed by atoms with van der Waals surface area (Å²) >= 11 is 3.19. The van der Waals surface area contributed by atoms with Gasteiger partial charge in [-0.15, -0.1) is 0 Å². The Balaban J connectivity index is 2.56. The molecule has 0 fully saturated rings. The molecule has 2 rings (SSSR count). The second-order valence-corrected chi connectivity index (χ2v) is 4.82. The van der Waals surface area contributed by atoms with Gasteiger partial charge in [-0.2, -0.15) is 0 Å². The van der Waals surface area contributed by atoms with E-state index in [1.165, 1.54) is 13.0 Å². The topological polar surface area (TPSA) is 63.5 Å². The molecule has 0 unspecified atom stereocenters. The molecule has 90 valence electrons. The summed E-state index contributed by atoms with van der Waals surface area (Å²) in [6.07, 6.45) is 1.73. The highest BCUT2D eigenvalue weighted by Gasteiger charge is 2.24. The van der Waals surface area contributed by atoms with E-state index in [0.717, 1.165) is 18.4 Å². The molecule has 17 heavy (non-hydrogen) atoms. The van der Waals surface area contributed by atoms with E-state index < -0.39 is 4.92 Å². The molecule has 1 aliphatic heterocycles. The van der Waals surface area contributed by atoms with Crippen LogP contribution in [0.25, 0.3) is 0 Å². The molecule has 5 nitrogen and oxygen atoms in total. The minimum Gasteiger partial charge on any atom is -0.312 e. The smallest absolute Gasteiger partial charge is 0.285 e. The Hall–Kier alpha value is -1.43. The number of hydrogen-bond donors (Lipinski definition) is 0. The fourth-order valence-electron chi connectivity index (χ4n) is 2.06. The molecule has 1 amide bonds. The van der Waals surface area contributed by atoms with Crippen molar-refractivity contribution in [3.05, 3.63) is 32.3 Å². The van der Waals surface area contributed by atoms with Gasteiger partial charge in [0.2, 0.25) is 5.91 Å². The van der Waals surface area contributed by atoms with Gasteiger partial charge in [0.1, 0.15) is 0 Å². The number of anilines is 1. The van der Waals surface area contributed by atoms with Gasteiger partial charge in [0.05, 0.1) is 15.1 Å². The quantitative estimate of drug-likeness (QED) is 0.591. The van der Waals surface area contributed by atoms with Crippen molar-refractivity contribution in [3.63, 3.8) is 0 Å². The zero-order chi connectivity index (χ0) is 12.6. The third kappa shape index (κ3) is 2.17. The highest BCUT2D eigenvalue weighted by atomic mass is 79.9. The van der Waals surface area contributed by atoms with Crippen LogP contribution in [0.4, 0.5) is 11.4 Å². The number of aryl methyl sites for hydroxylation is 1. The second-order valence-electron chi connectivity index (χ2n) is 3.96. The van der Waals surface area contributed by atoms with Gasteiger partial charge in [-0.05, 0) is 40.4 Å². The number of fused-ring (bicyclic) bond motifs is 1. The number of rotatable bonds is 1. The lowest BCUT2D eigenvalue weighted by molar-refractivity contribution is -0.385. The molecule has 1 aliphatic rings. The predicted molar refractivity (Wildman–Crippen MR) is 67.1 cm³/mol. The zero-order valence-corrected chi connectivity index (χ0v) is 10.9. The van der Waals surface area contributed by atoms with Gasteiger partial charge in [-0.3, -0.25) is 14.9 Å². The van der Waals surface area contributed by atoms with E-state index in [4.69, 9.17) is 0 Å². The molecule has 1 aromatic carbocycles. The van der Waals surface area contributed by atoms with Crippen molar-refractivity contribution in [3.8, 4) is 0 Å². The van der Waals surface area contributed by atoms with Crippen LogP contribution in [0.5, 0.6) is 0 Å². The number of hydrogen-bond acceptors (Lipinski definition) is 3. The third-order valence-corrected chi connectivity index (χ3v) is 3.48. The molecule has 0 saturated carbocycles. The van der Waals surface area contributed by atoms with Crippen LogP contribution in [0.3, 0.4) is 0 Å². The summed E-state index contributed by atoms with van der Waals surface area (Å²) in [5.74, 6) is -0.0810. The number of halogens is 1. The fourth-order valence-corrected chi connectivity index (χ4v) is 2.59. The largest absolute Gasteiger partial charge is 0.312 e. The van der Waals surface area contributed by atoms with Crippen LogP contribution in [0, 0.1) is 10.1 Å². The first-order valence-electron chi connectivity index (χ1n) is 5.25. The van der Waals surface area contributed by atoms with Crippen molar-refractivity contribution in [2.24, 2.45) is 0 Å². The Morgan fingerprint density at radius 3 is 2.82 bits per heavy atom. The summed E-state index contributed by atoms with van der Waals surface area (Å²) in [4.78, 5) is 23.5. The van der Waals surface area contributed by atoms with E-state index in [2.05, 4.69) is 15.9 Å². The Labute approximate surface area is 107 Å². The third-order valence-electron chi connectivity index (χ3n) is 2.84. The van der Waals surface area contributed by atoms with Gasteiger partial charge in [0, 0.05) is 19.5 Å². The Bertz CT molecular complexity index is 502. The van der Waals surface area contributed by atoms with Crippen LogP contribution in [0.2, 0.25) is 0 Å². The van der Waals surface area contributed by atoms with Crippen LogP contribution in [-0.4, -0.2) is 17.4 Å². The highest BCUT2D eigenvalue weighted by molar-refractivity contribution is 9.10. The summed E-state index contributed by atoms with van der Waals surface area (Å²) in [5, 5.41) is 10.9. The Morgan fingerprint density at radius 2 is 2.24 bits per heavy atom. The number of nitro groups is 1. The van der Waals surface area contributed by atoms with Crippen molar-refractivity contribution in [1.29, 1.82) is 0 Å². The lowest BCUT2D eigenvalue weighted by Gasteiger charge is -2.28. The van der Waals surface area contributed by atoms with Crippen LogP contribution >= 0.6 is 15.9 Å². The first-order valence-corrected chi connectivity index (χ1v) is 6.05. The lowest BCUT2D eigenvalue weighted by atomic mass is 10.0. The summed E-state index contributed by atoms with van der Waals surface area (Å²) in [7, 11) is 0. The van der Waals surface area contributed by atoms with E-state index in [-0.39, 0.29) is 11.6 Å². The first-order chi connectivity index (χ1) is 8.00. The minimum atomic E-state index is -0.447. The van der Waals surface area contributed by atoms with Gasteiger partial charge < -0.3 is 4.90 Å². The van der Waals surface area contributed by atoms with Crippen LogP contribution in [0.1, 0.15) is 18.9 Å². The maximum absolute atomic E-state index is 11.5. The lowest BCUT2D eigenvalue weighted by Crippen LogP contribution is -2.33. The monoisotopic (exact) mass is 298 g/mol. The zero-order valence-electron chi connectivity index (χ0n) is 9.27. The van der Waals surface area contributed by atoms with Gasteiger partial charge in [0.15, 0.2) is 0 Å². The molecular weight excluding hydrogens is 288 g/mol. The highest BCUT2D eigenvalue weighted by Crippen LogP contribution is 2.36. The number of carbonyl (C=O) groups is 1. The fraction of sp³-hybridized carbons (Fsp3) is 0.364. The molecular formula is C11H11BrN2O3. The number of amides is 1. The van der Waals surface area contributed by atoms with Gasteiger partial charge in [-0.25, -0.2) is 0 Å². The maximum atomic E-state index is 11.5. The molecule has 0 atom stereocenters. The number of nitrogens with zero attached hydrogens (tertiary/aromatic N) is 2. The van der Waals surface area contributed by atoms with Gasteiger partial charge >= 0.3 is 0 Å². The van der Waals surface area contributed by atoms with E-state index in [0.29, 0.717) is 16.7 Å². The Morgan fingerprint density at radius 1 is 1.53 bits per heavy atom. The molecule has 0 saturated heterocycles. The summed E-state index contributed by atoms with van der Waals surface area (Å²) in [6, 6.07) is 3.21. The van der Waals surface area contributed by atoms with Crippen LogP contribution < -0.4 is 4.90 Å². The SMILES string of the molecule is CC(=O)N1CCCc2cc(Br)c([N+](=O)[O-])cc21. The molecule has 1 heterocycles. The minimum absolute atomic E-state index is 0.00287. The number of benzene rings is 1. The van der Waals surface area contributed by atoms with Crippen molar-refractivity contribution >= 4 is 33.2 Å². The number of nitro benzene ring substituents is 1. The molecule has 1 aromatic rings. The molecule has 0 aromatic heterocycles. The standard InChI is InChI=1S/C11H11BrN2O3/c1-7(15)13-4-2-3-8-5-9(12)11(14(16)17)6-10(8)13/h5-6H,2-4H2,1H3. The second kappa shape index (κ2) is 4.44. The summed E-state index contributed by atoms with van der Waals surface area (Å²) < 4.78 is 0.464. The maximum Gasteiger partial charge on any atom is 0.285 e. The van der Waals surface area contributed by atoms with E-state index in [1.807, 2.05) is 0 Å². The predicted octanol–water partition coefficient (Wildman–Crippen LogP) is 2.66. The van der Waals surface area contributed by atoms with E-state index in [9.17, 15) is 14.9 Å².